The van der Waals surface area contributed by atoms with Gasteiger partial charge in [-0.2, -0.15) is 0 Å². The van der Waals surface area contributed by atoms with Crippen LogP contribution >= 0.6 is 11.3 Å². The van der Waals surface area contributed by atoms with Gasteiger partial charge in [-0.3, -0.25) is 9.59 Å². The number of amides is 2. The van der Waals surface area contributed by atoms with Crippen molar-refractivity contribution < 1.29 is 9.59 Å². The molecule has 5 rings (SSSR count). The lowest BCUT2D eigenvalue weighted by molar-refractivity contribution is -0.113. The van der Waals surface area contributed by atoms with Gasteiger partial charge in [0.1, 0.15) is 10.7 Å². The van der Waals surface area contributed by atoms with E-state index in [1.807, 2.05) is 36.4 Å². The molecular formula is C33H40N6O2S. The Bertz CT molecular complexity index is 1580. The number of thiophene rings is 1. The Kier molecular flexibility index (Phi) is 8.89. The zero-order valence-corrected chi connectivity index (χ0v) is 25.4. The zero-order valence-electron chi connectivity index (χ0n) is 24.6. The minimum Gasteiger partial charge on any atom is -0.383 e. The lowest BCUT2D eigenvalue weighted by Crippen LogP contribution is -2.33. The second kappa shape index (κ2) is 12.6. The Labute approximate surface area is 251 Å². The maximum atomic E-state index is 13.4. The molecular weight excluding hydrogens is 544 g/mol. The molecule has 8 nitrogen and oxygen atoms in total. The number of benzene rings is 1. The minimum atomic E-state index is -0.432. The van der Waals surface area contributed by atoms with Gasteiger partial charge >= 0.3 is 0 Å². The monoisotopic (exact) mass is 584 g/mol. The number of allylic oxidation sites excluding steroid dienone is 2. The molecule has 9 heteroatoms. The van der Waals surface area contributed by atoms with Crippen LogP contribution in [-0.4, -0.2) is 29.6 Å². The fourth-order valence-corrected chi connectivity index (χ4v) is 6.57. The third-order valence-corrected chi connectivity index (χ3v) is 9.27. The SMILES string of the molecule is CC(C)(C)[C@@H]1CCc2nc3sc(C(=O)N[C@H](CN)c4cccc(NC(=O)/C5=C(N)/N=C\C=C/CCC5)c4)cc3cc2C1. The molecule has 0 fully saturated rings. The summed E-state index contributed by atoms with van der Waals surface area (Å²) in [5.74, 6) is 0.363. The normalized spacial score (nSPS) is 21.4. The van der Waals surface area contributed by atoms with Crippen molar-refractivity contribution in [1.82, 2.24) is 10.3 Å². The van der Waals surface area contributed by atoms with E-state index in [1.165, 1.54) is 16.9 Å². The van der Waals surface area contributed by atoms with Gasteiger partial charge in [0.15, 0.2) is 0 Å². The van der Waals surface area contributed by atoms with Gasteiger partial charge in [0, 0.05) is 29.5 Å². The molecule has 0 saturated heterocycles. The van der Waals surface area contributed by atoms with Crippen molar-refractivity contribution in [3.63, 3.8) is 0 Å². The summed E-state index contributed by atoms with van der Waals surface area (Å²) >= 11 is 1.41. The van der Waals surface area contributed by atoms with E-state index in [9.17, 15) is 9.59 Å². The number of aryl methyl sites for hydroxylation is 1. The Hall–Kier alpha value is -3.82. The molecule has 0 spiro atoms. The average Bonchev–Trinajstić information content (AvgIpc) is 3.41. The van der Waals surface area contributed by atoms with E-state index in [1.54, 1.807) is 12.3 Å². The molecule has 2 aliphatic rings. The first kappa shape index (κ1) is 29.7. The van der Waals surface area contributed by atoms with Gasteiger partial charge in [-0.1, -0.05) is 39.0 Å². The summed E-state index contributed by atoms with van der Waals surface area (Å²) < 4.78 is 0. The lowest BCUT2D eigenvalue weighted by Gasteiger charge is -2.34. The van der Waals surface area contributed by atoms with Crippen LogP contribution in [-0.2, 0) is 17.6 Å². The molecule has 0 saturated carbocycles. The Morgan fingerprint density at radius 3 is 2.76 bits per heavy atom. The maximum absolute atomic E-state index is 13.4. The number of nitrogens with one attached hydrogen (secondary N) is 2. The minimum absolute atomic E-state index is 0.191. The number of pyridine rings is 1. The number of aliphatic imine (C=N–C) groups is 1. The summed E-state index contributed by atoms with van der Waals surface area (Å²) in [5, 5.41) is 7.03. The van der Waals surface area contributed by atoms with Crippen molar-refractivity contribution in [3.8, 4) is 0 Å². The molecule has 0 radical (unpaired) electrons. The van der Waals surface area contributed by atoms with Gasteiger partial charge in [-0.15, -0.1) is 11.3 Å². The highest BCUT2D eigenvalue weighted by Crippen LogP contribution is 2.38. The third-order valence-electron chi connectivity index (χ3n) is 8.23. The van der Waals surface area contributed by atoms with E-state index >= 15 is 0 Å². The summed E-state index contributed by atoms with van der Waals surface area (Å²) in [6, 6.07) is 11.1. The van der Waals surface area contributed by atoms with E-state index < -0.39 is 6.04 Å². The fraction of sp³-hybridized carbons (Fsp3) is 0.394. The molecule has 1 aromatic carbocycles. The Balaban J connectivity index is 1.30. The van der Waals surface area contributed by atoms with Crippen LogP contribution < -0.4 is 22.1 Å². The number of hydrogen-bond donors (Lipinski definition) is 4. The number of carbonyl (C=O) groups is 2. The quantitative estimate of drug-likeness (QED) is 0.291. The highest BCUT2D eigenvalue weighted by Gasteiger charge is 2.30. The summed E-state index contributed by atoms with van der Waals surface area (Å²) in [6.07, 6.45) is 10.8. The number of fused-ring (bicyclic) bond motifs is 2. The molecule has 1 aliphatic carbocycles. The van der Waals surface area contributed by atoms with Gasteiger partial charge in [0.05, 0.1) is 16.5 Å². The smallest absolute Gasteiger partial charge is 0.261 e. The highest BCUT2D eigenvalue weighted by atomic mass is 32.1. The number of nitrogens with two attached hydrogens (primary N) is 2. The van der Waals surface area contributed by atoms with Crippen molar-refractivity contribution in [1.29, 1.82) is 0 Å². The van der Waals surface area contributed by atoms with Crippen LogP contribution in [0.2, 0.25) is 0 Å². The standard InChI is InChI=1S/C33H40N6O2S/c1-33(2,3)23-12-13-26-21(16-23)15-22-18-28(42-32(22)39-26)31(41)38-27(19-34)20-9-8-10-24(17-20)37-30(40)25-11-6-4-5-7-14-36-29(25)35/h5,7-10,14-15,17-18,23,27H,4,6,11-13,16,19,34-35H2,1-3H3,(H,37,40)(H,38,41)/b7-5-,29-25+,36-14-/t23-,27-/m1/s1. The molecule has 2 atom stereocenters. The van der Waals surface area contributed by atoms with Crippen molar-refractivity contribution in [2.45, 2.75) is 65.3 Å². The molecule has 0 unspecified atom stereocenters. The molecule has 2 amide bonds. The van der Waals surface area contributed by atoms with Crippen molar-refractivity contribution in [3.05, 3.63) is 81.6 Å². The Morgan fingerprint density at radius 1 is 1.14 bits per heavy atom. The highest BCUT2D eigenvalue weighted by molar-refractivity contribution is 7.20. The van der Waals surface area contributed by atoms with Crippen LogP contribution in [0.4, 0.5) is 5.69 Å². The number of anilines is 1. The molecule has 0 bridgehead atoms. The van der Waals surface area contributed by atoms with Crippen molar-refractivity contribution >= 4 is 45.3 Å². The number of hydrogen-bond acceptors (Lipinski definition) is 7. The molecule has 42 heavy (non-hydrogen) atoms. The fourth-order valence-electron chi connectivity index (χ4n) is 5.63. The van der Waals surface area contributed by atoms with Crippen molar-refractivity contribution in [2.75, 3.05) is 11.9 Å². The first-order chi connectivity index (χ1) is 20.1. The number of rotatable bonds is 6. The largest absolute Gasteiger partial charge is 0.383 e. The zero-order chi connectivity index (χ0) is 29.9. The average molecular weight is 585 g/mol. The first-order valence-electron chi connectivity index (χ1n) is 14.6. The number of aromatic nitrogens is 1. The van der Waals surface area contributed by atoms with Gasteiger partial charge in [0.25, 0.3) is 11.8 Å². The summed E-state index contributed by atoms with van der Waals surface area (Å²) in [5.41, 5.74) is 16.8. The van der Waals surface area contributed by atoms with Gasteiger partial charge in [-0.25, -0.2) is 9.98 Å². The van der Waals surface area contributed by atoms with Gasteiger partial charge in [-0.05, 0) is 91.3 Å². The van der Waals surface area contributed by atoms with E-state index in [-0.39, 0.29) is 29.6 Å². The number of carbonyl (C=O) groups excluding carboxylic acids is 2. The molecule has 2 aromatic heterocycles. The molecule has 3 heterocycles. The summed E-state index contributed by atoms with van der Waals surface area (Å²) in [4.78, 5) is 37.0. The lowest BCUT2D eigenvalue weighted by atomic mass is 9.71. The first-order valence-corrected chi connectivity index (χ1v) is 15.5. The second-order valence-corrected chi connectivity index (χ2v) is 13.2. The van der Waals surface area contributed by atoms with E-state index in [0.717, 1.165) is 53.6 Å². The summed E-state index contributed by atoms with van der Waals surface area (Å²) in [6.45, 7) is 7.12. The van der Waals surface area contributed by atoms with Crippen LogP contribution in [0.5, 0.6) is 0 Å². The van der Waals surface area contributed by atoms with E-state index in [4.69, 9.17) is 16.5 Å². The predicted octanol–water partition coefficient (Wildman–Crippen LogP) is 5.80. The van der Waals surface area contributed by atoms with Crippen LogP contribution in [0.25, 0.3) is 10.2 Å². The van der Waals surface area contributed by atoms with Gasteiger partial charge < -0.3 is 22.1 Å². The second-order valence-electron chi connectivity index (χ2n) is 12.2. The maximum Gasteiger partial charge on any atom is 0.261 e. The van der Waals surface area contributed by atoms with Gasteiger partial charge in [0.2, 0.25) is 0 Å². The van der Waals surface area contributed by atoms with Crippen LogP contribution in [0.3, 0.4) is 0 Å². The van der Waals surface area contributed by atoms with Crippen molar-refractivity contribution in [2.24, 2.45) is 27.8 Å². The molecule has 3 aromatic rings. The van der Waals surface area contributed by atoms with Crippen LogP contribution in [0, 0.1) is 11.3 Å². The topological polar surface area (TPSA) is 135 Å². The molecule has 6 N–H and O–H groups in total. The number of nitrogens with zero attached hydrogens (tertiary/aromatic N) is 2. The molecule has 220 valence electrons. The summed E-state index contributed by atoms with van der Waals surface area (Å²) in [7, 11) is 0. The van der Waals surface area contributed by atoms with Crippen LogP contribution in [0.15, 0.2) is 64.9 Å². The molecule has 1 aliphatic heterocycles. The third kappa shape index (κ3) is 6.79. The van der Waals surface area contributed by atoms with E-state index in [0.29, 0.717) is 28.5 Å². The Morgan fingerprint density at radius 2 is 1.98 bits per heavy atom. The van der Waals surface area contributed by atoms with E-state index in [2.05, 4.69) is 42.5 Å². The van der Waals surface area contributed by atoms with Crippen LogP contribution in [0.1, 0.15) is 79.0 Å². The predicted molar refractivity (Wildman–Crippen MR) is 172 cm³/mol.